The standard InChI is InChI=1S/C26H23N5O2/c1-19-6-5-13-30-16-23(28-25(19)30)18-33-24-11-9-21(10-12-24)26(32)29-22-14-27-31(17-22)15-20-7-3-2-4-8-20/h2-14,16-17H,15,18H2,1H3,(H,29,32). The lowest BCUT2D eigenvalue weighted by molar-refractivity contribution is 0.102. The Morgan fingerprint density at radius 1 is 1.00 bits per heavy atom. The average molecular weight is 438 g/mol. The molecule has 1 N–H and O–H groups in total. The number of ether oxygens (including phenoxy) is 1. The molecule has 0 atom stereocenters. The highest BCUT2D eigenvalue weighted by Crippen LogP contribution is 2.17. The molecular weight excluding hydrogens is 414 g/mol. The van der Waals surface area contributed by atoms with E-state index in [1.165, 1.54) is 0 Å². The molecule has 0 saturated heterocycles. The number of benzene rings is 2. The summed E-state index contributed by atoms with van der Waals surface area (Å²) in [4.78, 5) is 17.2. The van der Waals surface area contributed by atoms with Gasteiger partial charge in [-0.15, -0.1) is 0 Å². The molecule has 0 radical (unpaired) electrons. The highest BCUT2D eigenvalue weighted by atomic mass is 16.5. The van der Waals surface area contributed by atoms with Crippen LogP contribution in [0.25, 0.3) is 5.65 Å². The highest BCUT2D eigenvalue weighted by molar-refractivity contribution is 6.04. The van der Waals surface area contributed by atoms with E-state index in [-0.39, 0.29) is 5.91 Å². The number of hydrogen-bond donors (Lipinski definition) is 1. The number of fused-ring (bicyclic) bond motifs is 1. The van der Waals surface area contributed by atoms with E-state index in [9.17, 15) is 4.79 Å². The van der Waals surface area contributed by atoms with Gasteiger partial charge in [-0.25, -0.2) is 4.98 Å². The molecule has 7 nitrogen and oxygen atoms in total. The van der Waals surface area contributed by atoms with Crippen LogP contribution in [-0.2, 0) is 13.2 Å². The Morgan fingerprint density at radius 2 is 1.82 bits per heavy atom. The smallest absolute Gasteiger partial charge is 0.255 e. The number of aryl methyl sites for hydroxylation is 1. The van der Waals surface area contributed by atoms with Crippen LogP contribution in [0.4, 0.5) is 5.69 Å². The van der Waals surface area contributed by atoms with E-state index in [0.29, 0.717) is 30.2 Å². The number of carbonyl (C=O) groups is 1. The molecule has 0 aliphatic heterocycles. The third-order valence-electron chi connectivity index (χ3n) is 5.31. The molecule has 0 aliphatic rings. The summed E-state index contributed by atoms with van der Waals surface area (Å²) in [6, 6.07) is 21.1. The number of aromatic nitrogens is 4. The molecule has 0 unspecified atom stereocenters. The summed E-state index contributed by atoms with van der Waals surface area (Å²) < 4.78 is 9.64. The van der Waals surface area contributed by atoms with Crippen molar-refractivity contribution in [2.24, 2.45) is 0 Å². The molecule has 0 spiro atoms. The largest absolute Gasteiger partial charge is 0.487 e. The monoisotopic (exact) mass is 437 g/mol. The van der Waals surface area contributed by atoms with Gasteiger partial charge in [0.1, 0.15) is 18.0 Å². The van der Waals surface area contributed by atoms with Crippen LogP contribution in [0, 0.1) is 6.92 Å². The van der Waals surface area contributed by atoms with Crippen molar-refractivity contribution in [3.05, 3.63) is 114 Å². The molecule has 1 amide bonds. The summed E-state index contributed by atoms with van der Waals surface area (Å²) in [5.41, 5.74) is 5.23. The van der Waals surface area contributed by atoms with E-state index in [4.69, 9.17) is 4.74 Å². The highest BCUT2D eigenvalue weighted by Gasteiger charge is 2.09. The lowest BCUT2D eigenvalue weighted by Gasteiger charge is -2.06. The Morgan fingerprint density at radius 3 is 2.61 bits per heavy atom. The van der Waals surface area contributed by atoms with E-state index in [0.717, 1.165) is 22.5 Å². The van der Waals surface area contributed by atoms with Gasteiger partial charge >= 0.3 is 0 Å². The van der Waals surface area contributed by atoms with Crippen LogP contribution in [0.1, 0.15) is 27.2 Å². The first kappa shape index (κ1) is 20.5. The minimum Gasteiger partial charge on any atom is -0.487 e. The van der Waals surface area contributed by atoms with Gasteiger partial charge < -0.3 is 14.5 Å². The summed E-state index contributed by atoms with van der Waals surface area (Å²) in [7, 11) is 0. The number of rotatable bonds is 7. The summed E-state index contributed by atoms with van der Waals surface area (Å²) in [6.45, 7) is 3.03. The van der Waals surface area contributed by atoms with Crippen molar-refractivity contribution < 1.29 is 9.53 Å². The van der Waals surface area contributed by atoms with Crippen LogP contribution in [0.15, 0.2) is 91.5 Å². The molecule has 33 heavy (non-hydrogen) atoms. The molecular formula is C26H23N5O2. The van der Waals surface area contributed by atoms with Crippen LogP contribution in [-0.4, -0.2) is 25.1 Å². The van der Waals surface area contributed by atoms with Gasteiger partial charge in [-0.1, -0.05) is 36.4 Å². The van der Waals surface area contributed by atoms with Crippen molar-refractivity contribution in [3.63, 3.8) is 0 Å². The average Bonchev–Trinajstić information content (AvgIpc) is 3.46. The van der Waals surface area contributed by atoms with Gasteiger partial charge in [0, 0.05) is 24.2 Å². The molecule has 3 aromatic heterocycles. The molecule has 0 aliphatic carbocycles. The zero-order chi connectivity index (χ0) is 22.6. The lowest BCUT2D eigenvalue weighted by atomic mass is 10.2. The van der Waals surface area contributed by atoms with Crippen molar-refractivity contribution in [2.75, 3.05) is 5.32 Å². The van der Waals surface area contributed by atoms with Gasteiger partial charge in [0.05, 0.1) is 24.1 Å². The predicted molar refractivity (Wildman–Crippen MR) is 126 cm³/mol. The molecule has 3 heterocycles. The summed E-state index contributed by atoms with van der Waals surface area (Å²) >= 11 is 0. The Hall–Kier alpha value is -4.39. The normalized spacial score (nSPS) is 10.9. The molecule has 0 fully saturated rings. The zero-order valence-electron chi connectivity index (χ0n) is 18.2. The maximum atomic E-state index is 12.6. The molecule has 164 valence electrons. The van der Waals surface area contributed by atoms with Crippen LogP contribution in [0.3, 0.4) is 0 Å². The number of imidazole rings is 1. The van der Waals surface area contributed by atoms with Gasteiger partial charge in [-0.05, 0) is 48.4 Å². The Bertz CT molecular complexity index is 1390. The fraction of sp³-hybridized carbons (Fsp3) is 0.115. The van der Waals surface area contributed by atoms with E-state index in [1.807, 2.05) is 72.4 Å². The zero-order valence-corrected chi connectivity index (χ0v) is 18.2. The second-order valence-electron chi connectivity index (χ2n) is 7.83. The lowest BCUT2D eigenvalue weighted by Crippen LogP contribution is -2.11. The van der Waals surface area contributed by atoms with E-state index in [2.05, 4.69) is 15.4 Å². The van der Waals surface area contributed by atoms with Crippen molar-refractivity contribution >= 4 is 17.2 Å². The van der Waals surface area contributed by atoms with E-state index in [1.54, 1.807) is 35.1 Å². The minimum absolute atomic E-state index is 0.198. The number of pyridine rings is 1. The van der Waals surface area contributed by atoms with Gasteiger partial charge in [0.15, 0.2) is 0 Å². The van der Waals surface area contributed by atoms with Crippen molar-refractivity contribution in [2.45, 2.75) is 20.1 Å². The van der Waals surface area contributed by atoms with Gasteiger partial charge in [-0.2, -0.15) is 5.10 Å². The number of nitrogens with zero attached hydrogens (tertiary/aromatic N) is 4. The van der Waals surface area contributed by atoms with Gasteiger partial charge in [0.2, 0.25) is 0 Å². The first-order chi connectivity index (χ1) is 16.1. The number of nitrogens with one attached hydrogen (secondary N) is 1. The van der Waals surface area contributed by atoms with Crippen molar-refractivity contribution in [3.8, 4) is 5.75 Å². The van der Waals surface area contributed by atoms with Crippen molar-refractivity contribution in [1.82, 2.24) is 19.2 Å². The third kappa shape index (κ3) is 4.77. The van der Waals surface area contributed by atoms with Crippen LogP contribution >= 0.6 is 0 Å². The first-order valence-electron chi connectivity index (χ1n) is 10.7. The molecule has 5 rings (SSSR count). The fourth-order valence-corrected chi connectivity index (χ4v) is 3.62. The SMILES string of the molecule is Cc1cccn2cc(COc3ccc(C(=O)Nc4cnn(Cc5ccccc5)c4)cc3)nc12. The number of carbonyl (C=O) groups excluding carboxylic acids is 1. The Labute approximate surface area is 191 Å². The number of hydrogen-bond acceptors (Lipinski definition) is 4. The number of amides is 1. The molecule has 0 bridgehead atoms. The quantitative estimate of drug-likeness (QED) is 0.400. The summed E-state index contributed by atoms with van der Waals surface area (Å²) in [6.07, 6.45) is 7.40. The Balaban J connectivity index is 1.18. The molecule has 2 aromatic carbocycles. The van der Waals surface area contributed by atoms with Crippen LogP contribution in [0.5, 0.6) is 5.75 Å². The van der Waals surface area contributed by atoms with Gasteiger partial charge in [0.25, 0.3) is 5.91 Å². The molecule has 5 aromatic rings. The first-order valence-corrected chi connectivity index (χ1v) is 10.7. The Kier molecular flexibility index (Phi) is 5.59. The summed E-state index contributed by atoms with van der Waals surface area (Å²) in [5, 5.41) is 7.21. The van der Waals surface area contributed by atoms with E-state index >= 15 is 0 Å². The minimum atomic E-state index is -0.198. The molecule has 0 saturated carbocycles. The maximum absolute atomic E-state index is 12.6. The topological polar surface area (TPSA) is 73.5 Å². The second kappa shape index (κ2) is 9.00. The van der Waals surface area contributed by atoms with E-state index < -0.39 is 0 Å². The summed E-state index contributed by atoms with van der Waals surface area (Å²) in [5.74, 6) is 0.479. The molecule has 7 heteroatoms. The second-order valence-corrected chi connectivity index (χ2v) is 7.83. The predicted octanol–water partition coefficient (Wildman–Crippen LogP) is 4.72. The van der Waals surface area contributed by atoms with Crippen LogP contribution < -0.4 is 10.1 Å². The third-order valence-corrected chi connectivity index (χ3v) is 5.31. The van der Waals surface area contributed by atoms with Gasteiger partial charge in [-0.3, -0.25) is 9.48 Å². The maximum Gasteiger partial charge on any atom is 0.255 e. The van der Waals surface area contributed by atoms with Crippen molar-refractivity contribution in [1.29, 1.82) is 0 Å². The van der Waals surface area contributed by atoms with Crippen LogP contribution in [0.2, 0.25) is 0 Å². The fourth-order valence-electron chi connectivity index (χ4n) is 3.62. The number of anilines is 1.